The summed E-state index contributed by atoms with van der Waals surface area (Å²) in [5, 5.41) is 0. The molecule has 1 rings (SSSR count). The van der Waals surface area contributed by atoms with Crippen LogP contribution in [-0.2, 0) is 14.3 Å². The summed E-state index contributed by atoms with van der Waals surface area (Å²) >= 11 is 0. The molecule has 1 aromatic rings. The molecular weight excluding hydrogens is 296 g/mol. The van der Waals surface area contributed by atoms with Gasteiger partial charge in [0.25, 0.3) is 10.1 Å². The van der Waals surface area contributed by atoms with Gasteiger partial charge >= 0.3 is 0 Å². The fourth-order valence-corrected chi connectivity index (χ4v) is 3.42. The second-order valence-electron chi connectivity index (χ2n) is 5.70. The van der Waals surface area contributed by atoms with E-state index in [4.69, 9.17) is 4.18 Å². The molecule has 0 aliphatic carbocycles. The molecule has 0 radical (unpaired) electrons. The lowest BCUT2D eigenvalue weighted by Gasteiger charge is -2.17. The van der Waals surface area contributed by atoms with Crippen LogP contribution in [-0.4, -0.2) is 14.5 Å². The van der Waals surface area contributed by atoms with Gasteiger partial charge in [-0.05, 0) is 44.7 Å². The third-order valence-corrected chi connectivity index (χ3v) is 5.01. The average molecular weight is 324 g/mol. The van der Waals surface area contributed by atoms with Crippen LogP contribution < -0.4 is 0 Å². The second-order valence-corrected chi connectivity index (χ2v) is 7.27. The van der Waals surface area contributed by atoms with Crippen LogP contribution in [0.3, 0.4) is 0 Å². The van der Waals surface area contributed by atoms with Crippen molar-refractivity contribution >= 4 is 10.1 Å². The second kappa shape index (κ2) is 9.80. The molecule has 0 aromatic heterocycles. The maximum absolute atomic E-state index is 12.4. The highest BCUT2D eigenvalue weighted by Crippen LogP contribution is 2.21. The van der Waals surface area contributed by atoms with Crippen molar-refractivity contribution in [3.05, 3.63) is 42.5 Å². The quantitative estimate of drug-likeness (QED) is 0.326. The summed E-state index contributed by atoms with van der Waals surface area (Å²) in [6.07, 6.45) is 8.17. The van der Waals surface area contributed by atoms with E-state index in [1.54, 1.807) is 24.3 Å². The highest BCUT2D eigenvalue weighted by Gasteiger charge is 2.21. The van der Waals surface area contributed by atoms with Crippen LogP contribution in [0.1, 0.15) is 57.4 Å². The molecule has 0 heterocycles. The molecule has 0 aliphatic heterocycles. The van der Waals surface area contributed by atoms with Crippen molar-refractivity contribution in [3.8, 4) is 0 Å². The molecule has 0 aliphatic rings. The summed E-state index contributed by atoms with van der Waals surface area (Å²) in [5.41, 5.74) is 1.03. The predicted octanol–water partition coefficient (Wildman–Crippen LogP) is 5.01. The van der Waals surface area contributed by atoms with E-state index in [2.05, 4.69) is 13.5 Å². The van der Waals surface area contributed by atoms with E-state index in [9.17, 15) is 8.42 Å². The van der Waals surface area contributed by atoms with E-state index >= 15 is 0 Å². The van der Waals surface area contributed by atoms with Crippen LogP contribution in [0, 0.1) is 6.92 Å². The highest BCUT2D eigenvalue weighted by atomic mass is 32.2. The summed E-state index contributed by atoms with van der Waals surface area (Å²) in [6, 6.07) is 6.80. The lowest BCUT2D eigenvalue weighted by molar-refractivity contribution is 0.182. The zero-order valence-electron chi connectivity index (χ0n) is 13.8. The summed E-state index contributed by atoms with van der Waals surface area (Å²) < 4.78 is 30.2. The predicted molar refractivity (Wildman–Crippen MR) is 91.4 cm³/mol. The van der Waals surface area contributed by atoms with Gasteiger partial charge in [-0.1, -0.05) is 50.0 Å². The Morgan fingerprint density at radius 2 is 1.77 bits per heavy atom. The SMILES string of the molecule is C=CCCCC(CCCCC)OS(=O)(=O)c1ccc(C)cc1. The first-order chi connectivity index (χ1) is 10.5. The molecule has 124 valence electrons. The van der Waals surface area contributed by atoms with Gasteiger partial charge in [-0.3, -0.25) is 4.18 Å². The summed E-state index contributed by atoms with van der Waals surface area (Å²) in [4.78, 5) is 0.238. The van der Waals surface area contributed by atoms with Crippen LogP contribution in [0.25, 0.3) is 0 Å². The molecule has 0 fully saturated rings. The maximum Gasteiger partial charge on any atom is 0.297 e. The Morgan fingerprint density at radius 1 is 1.14 bits per heavy atom. The zero-order chi connectivity index (χ0) is 16.4. The third kappa shape index (κ3) is 6.75. The zero-order valence-corrected chi connectivity index (χ0v) is 14.6. The molecule has 1 atom stereocenters. The maximum atomic E-state index is 12.4. The van der Waals surface area contributed by atoms with Gasteiger partial charge in [0.15, 0.2) is 0 Å². The number of hydrogen-bond donors (Lipinski definition) is 0. The normalized spacial score (nSPS) is 13.0. The van der Waals surface area contributed by atoms with Crippen molar-refractivity contribution in [3.63, 3.8) is 0 Å². The van der Waals surface area contributed by atoms with Gasteiger partial charge in [-0.15, -0.1) is 6.58 Å². The number of aryl methyl sites for hydroxylation is 1. The minimum atomic E-state index is -3.68. The van der Waals surface area contributed by atoms with Crippen molar-refractivity contribution in [1.29, 1.82) is 0 Å². The van der Waals surface area contributed by atoms with Crippen LogP contribution in [0.15, 0.2) is 41.8 Å². The van der Waals surface area contributed by atoms with E-state index in [-0.39, 0.29) is 11.0 Å². The van der Waals surface area contributed by atoms with Gasteiger partial charge in [0, 0.05) is 0 Å². The molecule has 0 amide bonds. The number of rotatable bonds is 11. The first-order valence-electron chi connectivity index (χ1n) is 8.10. The van der Waals surface area contributed by atoms with Crippen molar-refractivity contribution in [2.45, 2.75) is 69.8 Å². The Hall–Kier alpha value is -1.13. The fraction of sp³-hybridized carbons (Fsp3) is 0.556. The average Bonchev–Trinajstić information content (AvgIpc) is 2.47. The van der Waals surface area contributed by atoms with Crippen molar-refractivity contribution < 1.29 is 12.6 Å². The van der Waals surface area contributed by atoms with E-state index in [0.29, 0.717) is 0 Å². The molecule has 1 unspecified atom stereocenters. The van der Waals surface area contributed by atoms with Gasteiger partial charge in [0.1, 0.15) is 0 Å². The van der Waals surface area contributed by atoms with Crippen LogP contribution in [0.2, 0.25) is 0 Å². The number of benzene rings is 1. The monoisotopic (exact) mass is 324 g/mol. The molecule has 1 aromatic carbocycles. The fourth-order valence-electron chi connectivity index (χ4n) is 2.29. The first-order valence-corrected chi connectivity index (χ1v) is 9.51. The number of hydrogen-bond acceptors (Lipinski definition) is 3. The summed E-state index contributed by atoms with van der Waals surface area (Å²) in [5.74, 6) is 0. The molecule has 22 heavy (non-hydrogen) atoms. The van der Waals surface area contributed by atoms with Crippen LogP contribution in [0.4, 0.5) is 0 Å². The van der Waals surface area contributed by atoms with E-state index in [0.717, 1.165) is 50.5 Å². The minimum Gasteiger partial charge on any atom is -0.263 e. The van der Waals surface area contributed by atoms with Gasteiger partial charge in [0.05, 0.1) is 11.0 Å². The molecular formula is C18H28O3S. The van der Waals surface area contributed by atoms with Crippen molar-refractivity contribution in [2.24, 2.45) is 0 Å². The Bertz CT molecular complexity index is 532. The summed E-state index contributed by atoms with van der Waals surface area (Å²) in [7, 11) is -3.68. The van der Waals surface area contributed by atoms with Gasteiger partial charge < -0.3 is 0 Å². The van der Waals surface area contributed by atoms with Gasteiger partial charge in [-0.2, -0.15) is 8.42 Å². The Kier molecular flexibility index (Phi) is 8.43. The topological polar surface area (TPSA) is 43.4 Å². The van der Waals surface area contributed by atoms with E-state index < -0.39 is 10.1 Å². The highest BCUT2D eigenvalue weighted by molar-refractivity contribution is 7.86. The third-order valence-electron chi connectivity index (χ3n) is 3.64. The van der Waals surface area contributed by atoms with Gasteiger partial charge in [-0.25, -0.2) is 0 Å². The van der Waals surface area contributed by atoms with Crippen LogP contribution in [0.5, 0.6) is 0 Å². The Morgan fingerprint density at radius 3 is 2.36 bits per heavy atom. The van der Waals surface area contributed by atoms with Crippen molar-refractivity contribution in [2.75, 3.05) is 0 Å². The standard InChI is InChI=1S/C18H28O3S/c1-4-6-8-10-17(11-9-7-5-2)21-22(19,20)18-14-12-16(3)13-15-18/h4,12-15,17H,1,5-11H2,2-3H3. The smallest absolute Gasteiger partial charge is 0.263 e. The molecule has 0 N–H and O–H groups in total. The number of unbranched alkanes of at least 4 members (excludes halogenated alkanes) is 3. The Balaban J connectivity index is 2.71. The molecule has 4 heteroatoms. The summed E-state index contributed by atoms with van der Waals surface area (Å²) in [6.45, 7) is 7.77. The Labute approximate surface area is 135 Å². The number of allylic oxidation sites excluding steroid dienone is 1. The molecule has 3 nitrogen and oxygen atoms in total. The van der Waals surface area contributed by atoms with Crippen LogP contribution >= 0.6 is 0 Å². The lowest BCUT2D eigenvalue weighted by atomic mass is 10.1. The molecule has 0 saturated carbocycles. The van der Waals surface area contributed by atoms with Gasteiger partial charge in [0.2, 0.25) is 0 Å². The largest absolute Gasteiger partial charge is 0.297 e. The van der Waals surface area contributed by atoms with Crippen molar-refractivity contribution in [1.82, 2.24) is 0 Å². The van der Waals surface area contributed by atoms with E-state index in [1.807, 2.05) is 13.0 Å². The molecule has 0 saturated heterocycles. The molecule has 0 bridgehead atoms. The molecule has 0 spiro atoms. The first kappa shape index (κ1) is 18.9. The van der Waals surface area contributed by atoms with E-state index in [1.165, 1.54) is 0 Å². The minimum absolute atomic E-state index is 0.238. The lowest BCUT2D eigenvalue weighted by Crippen LogP contribution is -2.19.